The lowest BCUT2D eigenvalue weighted by atomic mass is 10.1. The van der Waals surface area contributed by atoms with Crippen LogP contribution in [0.1, 0.15) is 31.7 Å². The Hall–Kier alpha value is -2.16. The quantitative estimate of drug-likeness (QED) is 0.479. The first-order valence-corrected chi connectivity index (χ1v) is 12.2. The van der Waals surface area contributed by atoms with E-state index < -0.39 is 0 Å². The van der Waals surface area contributed by atoms with Crippen LogP contribution in [-0.2, 0) is 22.5 Å². The highest BCUT2D eigenvalue weighted by molar-refractivity contribution is 7.99. The van der Waals surface area contributed by atoms with Crippen molar-refractivity contribution in [2.24, 2.45) is 0 Å². The molecule has 0 spiro atoms. The molecule has 1 saturated heterocycles. The number of nitrogens with one attached hydrogen (secondary N) is 1. The van der Waals surface area contributed by atoms with E-state index in [-0.39, 0.29) is 17.8 Å². The Labute approximate surface area is 185 Å². The third-order valence-corrected chi connectivity index (χ3v) is 6.81. The molecule has 4 rings (SSSR count). The second-order valence-corrected chi connectivity index (χ2v) is 9.20. The molecule has 1 unspecified atom stereocenters. The van der Waals surface area contributed by atoms with Crippen LogP contribution in [0.4, 0.5) is 5.69 Å². The maximum absolute atomic E-state index is 12.5. The number of thioether (sulfide) groups is 1. The summed E-state index contributed by atoms with van der Waals surface area (Å²) in [5.74, 6) is 1.08. The summed E-state index contributed by atoms with van der Waals surface area (Å²) in [6.07, 6.45) is 4.47. The Morgan fingerprint density at radius 2 is 2.17 bits per heavy atom. The van der Waals surface area contributed by atoms with E-state index in [2.05, 4.69) is 39.1 Å². The van der Waals surface area contributed by atoms with Gasteiger partial charge in [0, 0.05) is 12.3 Å². The normalized spacial score (nSPS) is 16.1. The van der Waals surface area contributed by atoms with Crippen molar-refractivity contribution in [3.05, 3.63) is 47.3 Å². The minimum atomic E-state index is -0.0485. The lowest BCUT2D eigenvalue weighted by Gasteiger charge is -2.14. The van der Waals surface area contributed by atoms with Gasteiger partial charge in [0.1, 0.15) is 0 Å². The van der Waals surface area contributed by atoms with Gasteiger partial charge in [0.15, 0.2) is 11.0 Å². The second kappa shape index (κ2) is 10.2. The summed E-state index contributed by atoms with van der Waals surface area (Å²) in [7, 11) is 0. The Morgan fingerprint density at radius 3 is 2.87 bits per heavy atom. The number of aromatic nitrogens is 3. The minimum absolute atomic E-state index is 0.0485. The molecule has 1 amide bonds. The molecule has 1 aromatic carbocycles. The fourth-order valence-electron chi connectivity index (χ4n) is 3.51. The third kappa shape index (κ3) is 5.30. The summed E-state index contributed by atoms with van der Waals surface area (Å²) in [6, 6.07) is 12.1. The van der Waals surface area contributed by atoms with Crippen LogP contribution in [0.15, 0.2) is 46.9 Å². The van der Waals surface area contributed by atoms with Gasteiger partial charge in [-0.05, 0) is 48.4 Å². The van der Waals surface area contributed by atoms with E-state index in [1.807, 2.05) is 29.6 Å². The van der Waals surface area contributed by atoms with E-state index in [0.29, 0.717) is 6.54 Å². The number of hydrogen-bond acceptors (Lipinski definition) is 6. The molecule has 1 atom stereocenters. The number of anilines is 1. The SMILES string of the molecule is CCCc1ccc(NC(=O)CSc2nnc(-c3cccs3)n2CC2CCCO2)cc1. The molecule has 1 fully saturated rings. The first kappa shape index (κ1) is 21.1. The van der Waals surface area contributed by atoms with Crippen LogP contribution < -0.4 is 5.32 Å². The summed E-state index contributed by atoms with van der Waals surface area (Å²) in [5.41, 5.74) is 2.11. The average molecular weight is 443 g/mol. The standard InChI is InChI=1S/C22H26N4O2S2/c1-2-5-16-8-10-17(11-9-16)23-20(27)15-30-22-25-24-21(19-7-4-13-29-19)26(22)14-18-6-3-12-28-18/h4,7-11,13,18H,2-3,5-6,12,14-15H2,1H3,(H,23,27). The van der Waals surface area contributed by atoms with Gasteiger partial charge in [-0.25, -0.2) is 0 Å². The van der Waals surface area contributed by atoms with Crippen molar-refractivity contribution in [2.45, 2.75) is 50.4 Å². The molecule has 0 bridgehead atoms. The lowest BCUT2D eigenvalue weighted by molar-refractivity contribution is -0.113. The molecule has 30 heavy (non-hydrogen) atoms. The molecule has 8 heteroatoms. The molecular formula is C22H26N4O2S2. The smallest absolute Gasteiger partial charge is 0.234 e. The van der Waals surface area contributed by atoms with Gasteiger partial charge in [-0.1, -0.05) is 43.3 Å². The van der Waals surface area contributed by atoms with E-state index >= 15 is 0 Å². The first-order chi connectivity index (χ1) is 14.7. The van der Waals surface area contributed by atoms with Crippen LogP contribution in [0.25, 0.3) is 10.7 Å². The zero-order chi connectivity index (χ0) is 20.8. The Balaban J connectivity index is 1.41. The van der Waals surface area contributed by atoms with Gasteiger partial charge >= 0.3 is 0 Å². The van der Waals surface area contributed by atoms with Crippen LogP contribution in [-0.4, -0.2) is 39.1 Å². The number of carbonyl (C=O) groups is 1. The van der Waals surface area contributed by atoms with Crippen molar-refractivity contribution in [1.29, 1.82) is 0 Å². The number of aryl methyl sites for hydroxylation is 1. The van der Waals surface area contributed by atoms with E-state index in [0.717, 1.165) is 53.8 Å². The molecule has 158 valence electrons. The molecule has 3 heterocycles. The molecule has 1 aliphatic rings. The number of ether oxygens (including phenoxy) is 1. The van der Waals surface area contributed by atoms with Gasteiger partial charge in [-0.3, -0.25) is 9.36 Å². The fraction of sp³-hybridized carbons (Fsp3) is 0.409. The predicted molar refractivity (Wildman–Crippen MR) is 122 cm³/mol. The highest BCUT2D eigenvalue weighted by atomic mass is 32.2. The summed E-state index contributed by atoms with van der Waals surface area (Å²) >= 11 is 3.05. The molecular weight excluding hydrogens is 416 g/mol. The van der Waals surface area contributed by atoms with Gasteiger partial charge in [0.25, 0.3) is 0 Å². The van der Waals surface area contributed by atoms with Gasteiger partial charge in [-0.2, -0.15) is 0 Å². The summed E-state index contributed by atoms with van der Waals surface area (Å²) in [6.45, 7) is 3.68. The zero-order valence-corrected chi connectivity index (χ0v) is 18.7. The van der Waals surface area contributed by atoms with Crippen molar-refractivity contribution in [2.75, 3.05) is 17.7 Å². The molecule has 6 nitrogen and oxygen atoms in total. The number of amides is 1. The van der Waals surface area contributed by atoms with Gasteiger partial charge in [-0.15, -0.1) is 21.5 Å². The van der Waals surface area contributed by atoms with Gasteiger partial charge in [0.2, 0.25) is 5.91 Å². The lowest BCUT2D eigenvalue weighted by Crippen LogP contribution is -2.18. The maximum Gasteiger partial charge on any atom is 0.234 e. The summed E-state index contributed by atoms with van der Waals surface area (Å²) in [4.78, 5) is 13.5. The number of benzene rings is 1. The highest BCUT2D eigenvalue weighted by Gasteiger charge is 2.22. The van der Waals surface area contributed by atoms with Crippen molar-refractivity contribution in [1.82, 2.24) is 14.8 Å². The number of carbonyl (C=O) groups excluding carboxylic acids is 1. The van der Waals surface area contributed by atoms with Crippen LogP contribution >= 0.6 is 23.1 Å². The van der Waals surface area contributed by atoms with Crippen molar-refractivity contribution in [3.63, 3.8) is 0 Å². The largest absolute Gasteiger partial charge is 0.376 e. The zero-order valence-electron chi connectivity index (χ0n) is 17.0. The van der Waals surface area contributed by atoms with E-state index in [9.17, 15) is 4.79 Å². The molecule has 0 aliphatic carbocycles. The fourth-order valence-corrected chi connectivity index (χ4v) is 4.98. The minimum Gasteiger partial charge on any atom is -0.376 e. The Bertz CT molecular complexity index is 948. The third-order valence-electron chi connectivity index (χ3n) is 4.98. The highest BCUT2D eigenvalue weighted by Crippen LogP contribution is 2.29. The number of thiophene rings is 1. The second-order valence-electron chi connectivity index (χ2n) is 7.31. The molecule has 0 saturated carbocycles. The summed E-state index contributed by atoms with van der Waals surface area (Å²) in [5, 5.41) is 14.5. The van der Waals surface area contributed by atoms with Crippen LogP contribution in [0.3, 0.4) is 0 Å². The Kier molecular flexibility index (Phi) is 7.20. The van der Waals surface area contributed by atoms with Crippen molar-refractivity contribution >= 4 is 34.7 Å². The van der Waals surface area contributed by atoms with Crippen LogP contribution in [0.5, 0.6) is 0 Å². The number of hydrogen-bond donors (Lipinski definition) is 1. The van der Waals surface area contributed by atoms with Crippen LogP contribution in [0.2, 0.25) is 0 Å². The topological polar surface area (TPSA) is 69.0 Å². The first-order valence-electron chi connectivity index (χ1n) is 10.3. The molecule has 3 aromatic rings. The summed E-state index contributed by atoms with van der Waals surface area (Å²) < 4.78 is 7.92. The average Bonchev–Trinajstić information content (AvgIpc) is 3.51. The van der Waals surface area contributed by atoms with E-state index in [1.54, 1.807) is 11.3 Å². The van der Waals surface area contributed by atoms with Crippen molar-refractivity contribution in [3.8, 4) is 10.7 Å². The predicted octanol–water partition coefficient (Wildman–Crippen LogP) is 4.87. The van der Waals surface area contributed by atoms with E-state index in [4.69, 9.17) is 4.74 Å². The molecule has 1 aliphatic heterocycles. The maximum atomic E-state index is 12.5. The monoisotopic (exact) mass is 442 g/mol. The number of rotatable bonds is 9. The van der Waals surface area contributed by atoms with Gasteiger partial charge in [0.05, 0.1) is 23.3 Å². The van der Waals surface area contributed by atoms with Crippen LogP contribution in [0, 0.1) is 0 Å². The van der Waals surface area contributed by atoms with Crippen molar-refractivity contribution < 1.29 is 9.53 Å². The Morgan fingerprint density at radius 1 is 1.30 bits per heavy atom. The molecule has 1 N–H and O–H groups in total. The van der Waals surface area contributed by atoms with E-state index in [1.165, 1.54) is 17.3 Å². The number of nitrogens with zero attached hydrogens (tertiary/aromatic N) is 3. The van der Waals surface area contributed by atoms with Gasteiger partial charge < -0.3 is 10.1 Å². The molecule has 0 radical (unpaired) electrons. The molecule has 2 aromatic heterocycles.